The molecule has 1 aromatic rings. The van der Waals surface area contributed by atoms with E-state index < -0.39 is 23.0 Å². The maximum absolute atomic E-state index is 13.4. The van der Waals surface area contributed by atoms with Crippen molar-refractivity contribution in [2.75, 3.05) is 5.32 Å². The van der Waals surface area contributed by atoms with Crippen molar-refractivity contribution >= 4 is 28.8 Å². The Bertz CT molecular complexity index is 515. The van der Waals surface area contributed by atoms with Crippen molar-refractivity contribution < 1.29 is 13.6 Å². The van der Waals surface area contributed by atoms with Gasteiger partial charge in [-0.2, -0.15) is 0 Å². The lowest BCUT2D eigenvalue weighted by molar-refractivity contribution is -0.125. The molecule has 96 valence electrons. The Morgan fingerprint density at radius 1 is 1.39 bits per heavy atom. The van der Waals surface area contributed by atoms with E-state index in [1.165, 1.54) is 12.1 Å². The highest BCUT2D eigenvalue weighted by molar-refractivity contribution is 7.80. The Kier molecular flexibility index (Phi) is 3.30. The smallest absolute Gasteiger partial charge is 0.237 e. The zero-order valence-corrected chi connectivity index (χ0v) is 10.3. The van der Waals surface area contributed by atoms with E-state index in [2.05, 4.69) is 5.32 Å². The van der Waals surface area contributed by atoms with Crippen molar-refractivity contribution in [3.8, 4) is 0 Å². The lowest BCUT2D eigenvalue weighted by Crippen LogP contribution is -2.50. The average Bonchev–Trinajstić information content (AvgIpc) is 2.22. The third-order valence-electron chi connectivity index (χ3n) is 3.31. The first-order valence-electron chi connectivity index (χ1n) is 5.53. The maximum atomic E-state index is 13.4. The van der Waals surface area contributed by atoms with Crippen molar-refractivity contribution in [1.82, 2.24) is 0 Å². The molecule has 0 heterocycles. The van der Waals surface area contributed by atoms with Crippen LogP contribution in [0.1, 0.15) is 19.3 Å². The summed E-state index contributed by atoms with van der Waals surface area (Å²) in [7, 11) is 0. The molecule has 1 aliphatic rings. The fraction of sp³-hybridized carbons (Fsp3) is 0.333. The summed E-state index contributed by atoms with van der Waals surface area (Å²) in [5.74, 6) is -2.56. The summed E-state index contributed by atoms with van der Waals surface area (Å²) < 4.78 is 26.4. The van der Waals surface area contributed by atoms with Crippen molar-refractivity contribution in [2.24, 2.45) is 11.1 Å². The van der Waals surface area contributed by atoms with Crippen molar-refractivity contribution in [3.05, 3.63) is 29.8 Å². The molecule has 1 fully saturated rings. The molecule has 0 bridgehead atoms. The van der Waals surface area contributed by atoms with Crippen LogP contribution in [0.3, 0.4) is 0 Å². The molecule has 6 heteroatoms. The number of anilines is 1. The van der Waals surface area contributed by atoms with Crippen LogP contribution in [0, 0.1) is 17.0 Å². The summed E-state index contributed by atoms with van der Waals surface area (Å²) in [6.45, 7) is 0. The maximum Gasteiger partial charge on any atom is 0.237 e. The van der Waals surface area contributed by atoms with Crippen LogP contribution in [0.4, 0.5) is 14.5 Å². The summed E-state index contributed by atoms with van der Waals surface area (Å²) in [5, 5.41) is 2.35. The average molecular weight is 270 g/mol. The van der Waals surface area contributed by atoms with Crippen LogP contribution in [-0.2, 0) is 4.79 Å². The molecule has 2 rings (SSSR count). The molecule has 1 aromatic carbocycles. The molecular weight excluding hydrogens is 258 g/mol. The minimum absolute atomic E-state index is 0.100. The molecule has 0 aromatic heterocycles. The molecule has 1 aliphatic carbocycles. The Morgan fingerprint density at radius 2 is 2.06 bits per heavy atom. The van der Waals surface area contributed by atoms with Crippen LogP contribution in [0.25, 0.3) is 0 Å². The molecule has 18 heavy (non-hydrogen) atoms. The minimum atomic E-state index is -1.08. The predicted octanol–water partition coefficient (Wildman–Crippen LogP) is 2.36. The molecule has 3 N–H and O–H groups in total. The van der Waals surface area contributed by atoms with Crippen LogP contribution >= 0.6 is 12.2 Å². The number of nitrogens with one attached hydrogen (secondary N) is 1. The topological polar surface area (TPSA) is 55.1 Å². The number of hydrogen-bond donors (Lipinski definition) is 2. The molecule has 1 amide bonds. The largest absolute Gasteiger partial charge is 0.392 e. The van der Waals surface area contributed by atoms with Gasteiger partial charge in [-0.05, 0) is 25.0 Å². The van der Waals surface area contributed by atoms with Gasteiger partial charge in [-0.1, -0.05) is 24.7 Å². The van der Waals surface area contributed by atoms with Crippen LogP contribution in [0.5, 0.6) is 0 Å². The first-order valence-corrected chi connectivity index (χ1v) is 5.93. The van der Waals surface area contributed by atoms with Gasteiger partial charge in [0.05, 0.1) is 16.1 Å². The van der Waals surface area contributed by atoms with E-state index in [1.807, 2.05) is 0 Å². The van der Waals surface area contributed by atoms with Crippen LogP contribution in [0.2, 0.25) is 0 Å². The zero-order chi connectivity index (χ0) is 13.3. The van der Waals surface area contributed by atoms with E-state index in [0.29, 0.717) is 12.8 Å². The monoisotopic (exact) mass is 270 g/mol. The number of carbonyl (C=O) groups excluding carboxylic acids is 1. The minimum Gasteiger partial charge on any atom is -0.392 e. The number of nitrogens with two attached hydrogens (primary N) is 1. The van der Waals surface area contributed by atoms with Crippen molar-refractivity contribution in [2.45, 2.75) is 19.3 Å². The Hall–Kier alpha value is -1.56. The van der Waals surface area contributed by atoms with E-state index in [-0.39, 0.29) is 10.7 Å². The lowest BCUT2D eigenvalue weighted by Gasteiger charge is -2.39. The molecule has 0 aliphatic heterocycles. The molecule has 1 saturated carbocycles. The van der Waals surface area contributed by atoms with Gasteiger partial charge in [-0.15, -0.1) is 0 Å². The Balaban J connectivity index is 2.21. The molecule has 0 saturated heterocycles. The van der Waals surface area contributed by atoms with Crippen molar-refractivity contribution in [3.63, 3.8) is 0 Å². The third-order valence-corrected chi connectivity index (χ3v) is 3.70. The third kappa shape index (κ3) is 1.96. The highest BCUT2D eigenvalue weighted by atomic mass is 32.1. The second kappa shape index (κ2) is 4.61. The summed E-state index contributed by atoms with van der Waals surface area (Å²) in [4.78, 5) is 12.2. The number of halogens is 2. The van der Waals surface area contributed by atoms with Gasteiger partial charge >= 0.3 is 0 Å². The first-order chi connectivity index (χ1) is 8.47. The van der Waals surface area contributed by atoms with E-state index in [9.17, 15) is 13.6 Å². The van der Waals surface area contributed by atoms with Gasteiger partial charge in [0, 0.05) is 0 Å². The Labute approximate surface area is 108 Å². The van der Waals surface area contributed by atoms with Crippen LogP contribution in [-0.4, -0.2) is 10.9 Å². The number of carbonyl (C=O) groups is 1. The summed E-state index contributed by atoms with van der Waals surface area (Å²) in [6, 6.07) is 3.60. The SMILES string of the molecule is NC(=S)C1(C(=O)Nc2cccc(F)c2F)CCC1. The van der Waals surface area contributed by atoms with Gasteiger partial charge in [-0.3, -0.25) is 4.79 Å². The second-order valence-corrected chi connectivity index (χ2v) is 4.80. The van der Waals surface area contributed by atoms with Gasteiger partial charge in [0.15, 0.2) is 11.6 Å². The fourth-order valence-corrected chi connectivity index (χ4v) is 2.25. The van der Waals surface area contributed by atoms with Gasteiger partial charge in [0.1, 0.15) is 0 Å². The van der Waals surface area contributed by atoms with Gasteiger partial charge in [0.2, 0.25) is 5.91 Å². The number of amides is 1. The number of rotatable bonds is 3. The fourth-order valence-electron chi connectivity index (χ4n) is 1.96. The molecule has 0 spiro atoms. The van der Waals surface area contributed by atoms with E-state index in [0.717, 1.165) is 12.5 Å². The van der Waals surface area contributed by atoms with Crippen molar-refractivity contribution in [1.29, 1.82) is 0 Å². The Morgan fingerprint density at radius 3 is 2.56 bits per heavy atom. The zero-order valence-electron chi connectivity index (χ0n) is 9.50. The van der Waals surface area contributed by atoms with Gasteiger partial charge < -0.3 is 11.1 Å². The summed E-state index contributed by atoms with van der Waals surface area (Å²) in [6.07, 6.45) is 1.94. The first kappa shape index (κ1) is 12.9. The second-order valence-electron chi connectivity index (χ2n) is 4.36. The summed E-state index contributed by atoms with van der Waals surface area (Å²) >= 11 is 4.88. The van der Waals surface area contributed by atoms with Gasteiger partial charge in [-0.25, -0.2) is 8.78 Å². The molecule has 0 radical (unpaired) electrons. The lowest BCUT2D eigenvalue weighted by atomic mass is 9.68. The normalized spacial score (nSPS) is 16.8. The predicted molar refractivity (Wildman–Crippen MR) is 68.1 cm³/mol. The molecular formula is C12H12F2N2OS. The summed E-state index contributed by atoms with van der Waals surface area (Å²) in [5.41, 5.74) is 4.46. The van der Waals surface area contributed by atoms with E-state index >= 15 is 0 Å². The highest BCUT2D eigenvalue weighted by Crippen LogP contribution is 2.42. The number of benzene rings is 1. The standard InChI is InChI=1S/C12H12F2N2OS/c13-7-3-1-4-8(9(7)14)16-11(17)12(10(15)18)5-2-6-12/h1,3-4H,2,5-6H2,(H2,15,18)(H,16,17). The van der Waals surface area contributed by atoms with Crippen LogP contribution < -0.4 is 11.1 Å². The number of thiocarbonyl (C=S) groups is 1. The molecule has 3 nitrogen and oxygen atoms in total. The molecule has 0 atom stereocenters. The molecule has 0 unspecified atom stereocenters. The van der Waals surface area contributed by atoms with E-state index in [1.54, 1.807) is 0 Å². The van der Waals surface area contributed by atoms with E-state index in [4.69, 9.17) is 18.0 Å². The van der Waals surface area contributed by atoms with Crippen LogP contribution in [0.15, 0.2) is 18.2 Å². The highest BCUT2D eigenvalue weighted by Gasteiger charge is 2.47. The quantitative estimate of drug-likeness (QED) is 0.829. The number of hydrogen-bond acceptors (Lipinski definition) is 2. The van der Waals surface area contributed by atoms with Gasteiger partial charge in [0.25, 0.3) is 0 Å².